The van der Waals surface area contributed by atoms with E-state index in [0.29, 0.717) is 0 Å². The molecule has 0 atom stereocenters. The van der Waals surface area contributed by atoms with Gasteiger partial charge in [0.05, 0.1) is 0 Å². The van der Waals surface area contributed by atoms with Gasteiger partial charge < -0.3 is 0 Å². The molecule has 0 unspecified atom stereocenters. The van der Waals surface area contributed by atoms with Crippen LogP contribution in [0.4, 0.5) is 8.78 Å². The molecule has 0 spiro atoms. The van der Waals surface area contributed by atoms with Crippen molar-refractivity contribution in [2.75, 3.05) is 0 Å². The SMILES string of the molecule is Fc1ccc([I+]c2ccccc2)cc1F. The average molecular weight is 317 g/mol. The van der Waals surface area contributed by atoms with Crippen molar-refractivity contribution in [3.63, 3.8) is 0 Å². The molecule has 0 bridgehead atoms. The fraction of sp³-hybridized carbons (Fsp3) is 0. The molecule has 0 radical (unpaired) electrons. The Morgan fingerprint density at radius 3 is 2.13 bits per heavy atom. The maximum Gasteiger partial charge on any atom is 0.358 e. The molecular formula is C12H8F2I+. The Labute approximate surface area is 97.2 Å². The Kier molecular flexibility index (Phi) is 3.30. The van der Waals surface area contributed by atoms with Gasteiger partial charge in [-0.15, -0.1) is 0 Å². The molecule has 76 valence electrons. The molecule has 15 heavy (non-hydrogen) atoms. The number of rotatable bonds is 2. The van der Waals surface area contributed by atoms with Gasteiger partial charge >= 0.3 is 21.2 Å². The second-order valence-electron chi connectivity index (χ2n) is 2.95. The molecular weight excluding hydrogens is 309 g/mol. The molecule has 0 heterocycles. The van der Waals surface area contributed by atoms with Crippen LogP contribution in [0.5, 0.6) is 0 Å². The van der Waals surface area contributed by atoms with E-state index in [1.165, 1.54) is 15.7 Å². The van der Waals surface area contributed by atoms with E-state index in [9.17, 15) is 8.78 Å². The quantitative estimate of drug-likeness (QED) is 0.544. The fourth-order valence-corrected chi connectivity index (χ4v) is 3.42. The van der Waals surface area contributed by atoms with E-state index in [0.717, 1.165) is 3.57 Å². The molecule has 2 rings (SSSR count). The predicted molar refractivity (Wildman–Crippen MR) is 50.2 cm³/mol. The van der Waals surface area contributed by atoms with Crippen molar-refractivity contribution in [3.8, 4) is 0 Å². The van der Waals surface area contributed by atoms with E-state index in [1.54, 1.807) is 6.07 Å². The Hall–Kier alpha value is -0.970. The standard InChI is InChI=1S/C12H8F2I/c13-11-7-6-10(8-12(11)14)15-9-4-2-1-3-5-9/h1-8H/q+1. The lowest BCUT2D eigenvalue weighted by Gasteiger charge is -1.90. The van der Waals surface area contributed by atoms with Gasteiger partial charge in [-0.3, -0.25) is 0 Å². The maximum atomic E-state index is 12.9. The first-order valence-corrected chi connectivity index (χ1v) is 6.56. The third-order valence-electron chi connectivity index (χ3n) is 1.83. The maximum absolute atomic E-state index is 12.9. The molecule has 0 aliphatic heterocycles. The van der Waals surface area contributed by atoms with Crippen molar-refractivity contribution in [2.45, 2.75) is 0 Å². The zero-order chi connectivity index (χ0) is 10.7. The molecule has 2 aromatic rings. The second-order valence-corrected chi connectivity index (χ2v) is 5.98. The molecule has 0 amide bonds. The lowest BCUT2D eigenvalue weighted by Crippen LogP contribution is -3.61. The van der Waals surface area contributed by atoms with Gasteiger partial charge in [-0.05, 0) is 24.3 Å². The summed E-state index contributed by atoms with van der Waals surface area (Å²) in [5.41, 5.74) is 0. The van der Waals surface area contributed by atoms with E-state index in [4.69, 9.17) is 0 Å². The molecule has 0 aromatic heterocycles. The van der Waals surface area contributed by atoms with Crippen molar-refractivity contribution in [1.82, 2.24) is 0 Å². The van der Waals surface area contributed by atoms with Crippen molar-refractivity contribution in [3.05, 3.63) is 67.3 Å². The van der Waals surface area contributed by atoms with Gasteiger partial charge in [0.25, 0.3) is 0 Å². The highest BCUT2D eigenvalue weighted by Gasteiger charge is 2.16. The first-order valence-electron chi connectivity index (χ1n) is 4.40. The molecule has 3 heteroatoms. The normalized spacial score (nSPS) is 10.3. The lowest BCUT2D eigenvalue weighted by atomic mass is 10.3. The lowest BCUT2D eigenvalue weighted by molar-refractivity contribution is -0.597. The van der Waals surface area contributed by atoms with Gasteiger partial charge in [0.2, 0.25) is 0 Å². The van der Waals surface area contributed by atoms with Crippen LogP contribution in [0.15, 0.2) is 48.5 Å². The molecule has 2 aromatic carbocycles. The molecule has 0 aliphatic carbocycles. The van der Waals surface area contributed by atoms with Gasteiger partial charge in [-0.25, -0.2) is 8.78 Å². The molecule has 0 saturated heterocycles. The van der Waals surface area contributed by atoms with Crippen molar-refractivity contribution >= 4 is 0 Å². The summed E-state index contributed by atoms with van der Waals surface area (Å²) in [6.07, 6.45) is 0. The van der Waals surface area contributed by atoms with Crippen molar-refractivity contribution in [1.29, 1.82) is 0 Å². The van der Waals surface area contributed by atoms with E-state index in [2.05, 4.69) is 0 Å². The average Bonchev–Trinajstić information content (AvgIpc) is 2.25. The van der Waals surface area contributed by atoms with Gasteiger partial charge in [0.15, 0.2) is 18.8 Å². The van der Waals surface area contributed by atoms with Crippen LogP contribution in [0, 0.1) is 18.8 Å². The number of halogens is 3. The number of hydrogen-bond acceptors (Lipinski definition) is 0. The highest BCUT2D eigenvalue weighted by molar-refractivity contribution is 5.06. The molecule has 0 N–H and O–H groups in total. The molecule has 0 nitrogen and oxygen atoms in total. The largest absolute Gasteiger partial charge is 0.358 e. The summed E-state index contributed by atoms with van der Waals surface area (Å²) in [6.45, 7) is 0. The Morgan fingerprint density at radius 1 is 0.733 bits per heavy atom. The predicted octanol–water partition coefficient (Wildman–Crippen LogP) is 0.0932. The van der Waals surface area contributed by atoms with E-state index < -0.39 is 32.8 Å². The highest BCUT2D eigenvalue weighted by atomic mass is 127. The minimum Gasteiger partial charge on any atom is -0.204 e. The van der Waals surface area contributed by atoms with Crippen molar-refractivity contribution in [2.24, 2.45) is 0 Å². The topological polar surface area (TPSA) is 0 Å². The Morgan fingerprint density at radius 2 is 1.47 bits per heavy atom. The monoisotopic (exact) mass is 317 g/mol. The van der Waals surface area contributed by atoms with Gasteiger partial charge in [0.1, 0.15) is 0 Å². The van der Waals surface area contributed by atoms with E-state index in [-0.39, 0.29) is 0 Å². The third kappa shape index (κ3) is 2.75. The van der Waals surface area contributed by atoms with Crippen LogP contribution >= 0.6 is 0 Å². The van der Waals surface area contributed by atoms with Crippen LogP contribution < -0.4 is 21.2 Å². The highest BCUT2D eigenvalue weighted by Crippen LogP contribution is 2.02. The first-order chi connectivity index (χ1) is 7.25. The van der Waals surface area contributed by atoms with E-state index >= 15 is 0 Å². The second kappa shape index (κ2) is 4.70. The zero-order valence-corrected chi connectivity index (χ0v) is 9.91. The van der Waals surface area contributed by atoms with Crippen LogP contribution in [0.25, 0.3) is 0 Å². The summed E-state index contributed by atoms with van der Waals surface area (Å²) in [7, 11) is 0. The Balaban J connectivity index is 2.22. The van der Waals surface area contributed by atoms with Gasteiger partial charge in [-0.1, -0.05) is 18.2 Å². The smallest absolute Gasteiger partial charge is 0.204 e. The summed E-state index contributed by atoms with van der Waals surface area (Å²) in [5, 5.41) is 0. The third-order valence-corrected chi connectivity index (χ3v) is 4.47. The van der Waals surface area contributed by atoms with Crippen LogP contribution in [0.2, 0.25) is 0 Å². The number of hydrogen-bond donors (Lipinski definition) is 0. The minimum absolute atomic E-state index is 0.408. The van der Waals surface area contributed by atoms with Crippen LogP contribution in [0.1, 0.15) is 0 Å². The van der Waals surface area contributed by atoms with E-state index in [1.807, 2.05) is 30.3 Å². The summed E-state index contributed by atoms with van der Waals surface area (Å²) >= 11 is -0.408. The minimum atomic E-state index is -0.782. The Bertz CT molecular complexity index is 454. The molecule has 0 aliphatic rings. The molecule has 0 fully saturated rings. The fourth-order valence-electron chi connectivity index (χ4n) is 1.13. The molecule has 0 saturated carbocycles. The van der Waals surface area contributed by atoms with Crippen molar-refractivity contribution < 1.29 is 30.0 Å². The van der Waals surface area contributed by atoms with Crippen LogP contribution in [-0.4, -0.2) is 0 Å². The van der Waals surface area contributed by atoms with Crippen LogP contribution in [0.3, 0.4) is 0 Å². The van der Waals surface area contributed by atoms with Gasteiger partial charge in [-0.2, -0.15) is 0 Å². The zero-order valence-electron chi connectivity index (χ0n) is 7.75. The van der Waals surface area contributed by atoms with Gasteiger partial charge in [0, 0.05) is 6.07 Å². The number of benzene rings is 2. The summed E-state index contributed by atoms with van der Waals surface area (Å²) in [4.78, 5) is 0. The summed E-state index contributed by atoms with van der Waals surface area (Å²) in [6, 6.07) is 14.0. The summed E-state index contributed by atoms with van der Waals surface area (Å²) < 4.78 is 27.7. The summed E-state index contributed by atoms with van der Waals surface area (Å²) in [5.74, 6) is -1.54. The van der Waals surface area contributed by atoms with Crippen LogP contribution in [-0.2, 0) is 0 Å². The first kappa shape index (κ1) is 10.5.